The fourth-order valence-corrected chi connectivity index (χ4v) is 3.43. The molecule has 2 aromatic rings. The zero-order valence-corrected chi connectivity index (χ0v) is 12.9. The molecule has 0 saturated carbocycles. The van der Waals surface area contributed by atoms with Crippen LogP contribution in [0.25, 0.3) is 10.6 Å². The van der Waals surface area contributed by atoms with E-state index in [2.05, 4.69) is 20.6 Å². The van der Waals surface area contributed by atoms with Crippen molar-refractivity contribution in [2.75, 3.05) is 18.4 Å². The SMILES string of the molecule is O=C(Nc1sc(-c2cccnc2)nc1Cl)C1CCCNC1. The molecule has 1 saturated heterocycles. The smallest absolute Gasteiger partial charge is 0.229 e. The number of rotatable bonds is 3. The van der Waals surface area contributed by atoms with Crippen LogP contribution in [0, 0.1) is 5.92 Å². The van der Waals surface area contributed by atoms with E-state index in [9.17, 15) is 4.79 Å². The van der Waals surface area contributed by atoms with Crippen molar-refractivity contribution in [3.63, 3.8) is 0 Å². The second-order valence-corrected chi connectivity index (χ2v) is 6.27. The summed E-state index contributed by atoms with van der Waals surface area (Å²) >= 11 is 7.50. The zero-order chi connectivity index (χ0) is 14.7. The normalized spacial score (nSPS) is 18.4. The van der Waals surface area contributed by atoms with Crippen molar-refractivity contribution in [3.05, 3.63) is 29.7 Å². The van der Waals surface area contributed by atoms with Crippen LogP contribution >= 0.6 is 22.9 Å². The number of pyridine rings is 1. The van der Waals surface area contributed by atoms with Gasteiger partial charge in [0.05, 0.1) is 5.92 Å². The fourth-order valence-electron chi connectivity index (χ4n) is 2.28. The van der Waals surface area contributed by atoms with E-state index >= 15 is 0 Å². The topological polar surface area (TPSA) is 66.9 Å². The molecule has 0 radical (unpaired) electrons. The third kappa shape index (κ3) is 3.40. The van der Waals surface area contributed by atoms with Gasteiger partial charge in [-0.3, -0.25) is 9.78 Å². The van der Waals surface area contributed by atoms with Gasteiger partial charge in [0.25, 0.3) is 0 Å². The van der Waals surface area contributed by atoms with Crippen LogP contribution in [0.1, 0.15) is 12.8 Å². The van der Waals surface area contributed by atoms with Gasteiger partial charge in [0.2, 0.25) is 5.91 Å². The lowest BCUT2D eigenvalue weighted by Gasteiger charge is -2.21. The fraction of sp³-hybridized carbons (Fsp3) is 0.357. The number of anilines is 1. The van der Waals surface area contributed by atoms with E-state index in [1.165, 1.54) is 11.3 Å². The standard InChI is InChI=1S/C14H15ClN4OS/c15-11-14(19-12(20)9-3-1-5-16-7-9)21-13(18-11)10-4-2-6-17-8-10/h2,4,6,8-9,16H,1,3,5,7H2,(H,19,20). The molecule has 0 aliphatic carbocycles. The minimum absolute atomic E-state index is 0.00115. The van der Waals surface area contributed by atoms with Gasteiger partial charge in [0.1, 0.15) is 10.0 Å². The predicted molar refractivity (Wildman–Crippen MR) is 84.6 cm³/mol. The molecule has 2 N–H and O–H groups in total. The van der Waals surface area contributed by atoms with E-state index < -0.39 is 0 Å². The molecule has 1 unspecified atom stereocenters. The third-order valence-corrected chi connectivity index (χ3v) is 4.80. The minimum Gasteiger partial charge on any atom is -0.316 e. The minimum atomic E-state index is -0.00115. The number of nitrogens with zero attached hydrogens (tertiary/aromatic N) is 2. The Morgan fingerprint density at radius 3 is 3.14 bits per heavy atom. The Morgan fingerprint density at radius 1 is 1.52 bits per heavy atom. The maximum Gasteiger partial charge on any atom is 0.229 e. The Morgan fingerprint density at radius 2 is 2.43 bits per heavy atom. The summed E-state index contributed by atoms with van der Waals surface area (Å²) in [5.41, 5.74) is 0.893. The largest absolute Gasteiger partial charge is 0.316 e. The molecule has 0 bridgehead atoms. The van der Waals surface area contributed by atoms with Gasteiger partial charge < -0.3 is 10.6 Å². The van der Waals surface area contributed by atoms with E-state index in [1.54, 1.807) is 12.4 Å². The summed E-state index contributed by atoms with van der Waals surface area (Å²) in [7, 11) is 0. The number of carbonyl (C=O) groups is 1. The van der Waals surface area contributed by atoms with Crippen molar-refractivity contribution in [1.82, 2.24) is 15.3 Å². The lowest BCUT2D eigenvalue weighted by Crippen LogP contribution is -2.37. The molecule has 1 amide bonds. The quantitative estimate of drug-likeness (QED) is 0.912. The first-order valence-electron chi connectivity index (χ1n) is 6.82. The Kier molecular flexibility index (Phi) is 4.48. The van der Waals surface area contributed by atoms with Gasteiger partial charge in [-0.05, 0) is 31.5 Å². The number of nitrogens with one attached hydrogen (secondary N) is 2. The lowest BCUT2D eigenvalue weighted by molar-refractivity contribution is -0.120. The predicted octanol–water partition coefficient (Wildman–Crippen LogP) is 2.80. The summed E-state index contributed by atoms with van der Waals surface area (Å²) in [5, 5.41) is 7.81. The summed E-state index contributed by atoms with van der Waals surface area (Å²) in [4.78, 5) is 20.6. The van der Waals surface area contributed by atoms with Crippen molar-refractivity contribution in [2.45, 2.75) is 12.8 Å². The molecule has 1 aliphatic rings. The van der Waals surface area contributed by atoms with E-state index in [1.807, 2.05) is 12.1 Å². The molecule has 0 aromatic carbocycles. The monoisotopic (exact) mass is 322 g/mol. The highest BCUT2D eigenvalue weighted by atomic mass is 35.5. The highest BCUT2D eigenvalue weighted by Gasteiger charge is 2.22. The van der Waals surface area contributed by atoms with Gasteiger partial charge in [-0.2, -0.15) is 0 Å². The molecule has 110 valence electrons. The van der Waals surface area contributed by atoms with Gasteiger partial charge >= 0.3 is 0 Å². The number of thiazole rings is 1. The molecule has 21 heavy (non-hydrogen) atoms. The molecule has 1 atom stereocenters. The van der Waals surface area contributed by atoms with E-state index in [0.29, 0.717) is 10.2 Å². The van der Waals surface area contributed by atoms with Crippen LogP contribution in [0.5, 0.6) is 0 Å². The summed E-state index contributed by atoms with van der Waals surface area (Å²) in [6.07, 6.45) is 5.36. The number of amides is 1. The van der Waals surface area contributed by atoms with Gasteiger partial charge in [0.15, 0.2) is 5.15 Å². The van der Waals surface area contributed by atoms with Crippen LogP contribution in [0.4, 0.5) is 5.00 Å². The molecule has 1 fully saturated rings. The summed E-state index contributed by atoms with van der Waals surface area (Å²) in [5.74, 6) is 0.00393. The zero-order valence-electron chi connectivity index (χ0n) is 11.3. The number of halogens is 1. The molecule has 0 spiro atoms. The molecule has 3 heterocycles. The summed E-state index contributed by atoms with van der Waals surface area (Å²) < 4.78 is 0. The number of aromatic nitrogens is 2. The summed E-state index contributed by atoms with van der Waals surface area (Å²) in [6.45, 7) is 1.70. The first-order chi connectivity index (χ1) is 10.2. The average molecular weight is 323 g/mol. The number of hydrogen-bond donors (Lipinski definition) is 2. The lowest BCUT2D eigenvalue weighted by atomic mass is 9.99. The Hall–Kier alpha value is -1.50. The molecular weight excluding hydrogens is 308 g/mol. The summed E-state index contributed by atoms with van der Waals surface area (Å²) in [6, 6.07) is 3.76. The van der Waals surface area contributed by atoms with Crippen molar-refractivity contribution < 1.29 is 4.79 Å². The Labute approximate surface area is 131 Å². The van der Waals surface area contributed by atoms with E-state index in [4.69, 9.17) is 11.6 Å². The van der Waals surface area contributed by atoms with Crippen molar-refractivity contribution >= 4 is 33.8 Å². The van der Waals surface area contributed by atoms with Gasteiger partial charge in [-0.15, -0.1) is 0 Å². The van der Waals surface area contributed by atoms with Crippen molar-refractivity contribution in [3.8, 4) is 10.6 Å². The first-order valence-corrected chi connectivity index (χ1v) is 8.02. The molecule has 7 heteroatoms. The van der Waals surface area contributed by atoms with Crippen molar-refractivity contribution in [1.29, 1.82) is 0 Å². The molecular formula is C14H15ClN4OS. The van der Waals surface area contributed by atoms with Crippen LogP contribution in [0.2, 0.25) is 5.15 Å². The number of carbonyl (C=O) groups excluding carboxylic acids is 1. The van der Waals surface area contributed by atoms with Gasteiger partial charge in [-0.1, -0.05) is 22.9 Å². The highest BCUT2D eigenvalue weighted by Crippen LogP contribution is 2.35. The Balaban J connectivity index is 1.74. The molecule has 1 aliphatic heterocycles. The Bertz CT molecular complexity index is 625. The van der Waals surface area contributed by atoms with Crippen LogP contribution in [0.15, 0.2) is 24.5 Å². The molecule has 5 nitrogen and oxygen atoms in total. The molecule has 3 rings (SSSR count). The van der Waals surface area contributed by atoms with Crippen LogP contribution in [-0.4, -0.2) is 29.0 Å². The maximum absolute atomic E-state index is 12.2. The van der Waals surface area contributed by atoms with Crippen LogP contribution in [-0.2, 0) is 4.79 Å². The second-order valence-electron chi connectivity index (χ2n) is 4.91. The van der Waals surface area contributed by atoms with Crippen LogP contribution < -0.4 is 10.6 Å². The van der Waals surface area contributed by atoms with Gasteiger partial charge in [-0.25, -0.2) is 4.98 Å². The first kappa shape index (κ1) is 14.4. The average Bonchev–Trinajstić information content (AvgIpc) is 2.90. The third-order valence-electron chi connectivity index (χ3n) is 3.40. The highest BCUT2D eigenvalue weighted by molar-refractivity contribution is 7.19. The maximum atomic E-state index is 12.2. The number of hydrogen-bond acceptors (Lipinski definition) is 5. The van der Waals surface area contributed by atoms with Crippen molar-refractivity contribution in [2.24, 2.45) is 5.92 Å². The second kappa shape index (κ2) is 6.51. The molecule has 2 aromatic heterocycles. The van der Waals surface area contributed by atoms with Gasteiger partial charge in [0, 0.05) is 24.5 Å². The van der Waals surface area contributed by atoms with E-state index in [-0.39, 0.29) is 11.8 Å². The van der Waals surface area contributed by atoms with Crippen LogP contribution in [0.3, 0.4) is 0 Å². The number of piperidine rings is 1. The van der Waals surface area contributed by atoms with E-state index in [0.717, 1.165) is 36.5 Å².